The van der Waals surface area contributed by atoms with E-state index in [0.717, 1.165) is 38.5 Å². The van der Waals surface area contributed by atoms with Crippen LogP contribution < -0.4 is 15.0 Å². The maximum Gasteiger partial charge on any atom is 0.265 e. The van der Waals surface area contributed by atoms with Crippen molar-refractivity contribution in [3.05, 3.63) is 18.2 Å². The summed E-state index contributed by atoms with van der Waals surface area (Å²) < 4.78 is 32.5. The summed E-state index contributed by atoms with van der Waals surface area (Å²) in [6.07, 6.45) is 7.08. The number of hydrogen-bond donors (Lipinski definition) is 1. The highest BCUT2D eigenvalue weighted by Crippen LogP contribution is 2.35. The zero-order valence-electron chi connectivity index (χ0n) is 16.4. The van der Waals surface area contributed by atoms with Crippen molar-refractivity contribution in [2.75, 3.05) is 31.1 Å². The van der Waals surface area contributed by atoms with Gasteiger partial charge in [-0.25, -0.2) is 8.42 Å². The van der Waals surface area contributed by atoms with Gasteiger partial charge in [0, 0.05) is 25.2 Å². The Morgan fingerprint density at radius 3 is 2.55 bits per heavy atom. The van der Waals surface area contributed by atoms with Gasteiger partial charge in [0.2, 0.25) is 15.9 Å². The number of fused-ring (bicyclic) bond motifs is 1. The third-order valence-corrected chi connectivity index (χ3v) is 7.74. The molecular formula is C20H27N3O5S. The molecule has 0 spiro atoms. The van der Waals surface area contributed by atoms with E-state index >= 15 is 0 Å². The van der Waals surface area contributed by atoms with E-state index in [1.165, 1.54) is 27.8 Å². The molecule has 1 aliphatic carbocycles. The highest BCUT2D eigenvalue weighted by molar-refractivity contribution is 7.89. The first-order valence-corrected chi connectivity index (χ1v) is 11.8. The van der Waals surface area contributed by atoms with Gasteiger partial charge in [-0.05, 0) is 37.8 Å². The van der Waals surface area contributed by atoms with Gasteiger partial charge in [-0.15, -0.1) is 0 Å². The van der Waals surface area contributed by atoms with Crippen LogP contribution >= 0.6 is 0 Å². The van der Waals surface area contributed by atoms with Crippen LogP contribution in [0.2, 0.25) is 0 Å². The van der Waals surface area contributed by atoms with Gasteiger partial charge < -0.3 is 10.1 Å². The Balaban J connectivity index is 1.51. The lowest BCUT2D eigenvalue weighted by atomic mass is 9.95. The second-order valence-electron chi connectivity index (χ2n) is 7.91. The molecule has 1 aromatic rings. The Hall–Kier alpha value is -2.13. The van der Waals surface area contributed by atoms with E-state index in [1.54, 1.807) is 6.07 Å². The van der Waals surface area contributed by atoms with E-state index in [1.807, 2.05) is 0 Å². The molecule has 0 unspecified atom stereocenters. The van der Waals surface area contributed by atoms with Crippen molar-refractivity contribution in [3.63, 3.8) is 0 Å². The van der Waals surface area contributed by atoms with Gasteiger partial charge in [0.1, 0.15) is 12.3 Å². The van der Waals surface area contributed by atoms with Crippen LogP contribution in [0.25, 0.3) is 0 Å². The first kappa shape index (κ1) is 20.2. The van der Waals surface area contributed by atoms with E-state index in [9.17, 15) is 18.0 Å². The molecule has 0 bridgehead atoms. The van der Waals surface area contributed by atoms with Crippen LogP contribution in [0.15, 0.2) is 23.1 Å². The number of carbonyl (C=O) groups excluding carboxylic acids is 2. The molecule has 2 aliphatic heterocycles. The number of nitrogens with one attached hydrogen (secondary N) is 1. The molecule has 9 heteroatoms. The molecule has 0 atom stereocenters. The molecule has 29 heavy (non-hydrogen) atoms. The van der Waals surface area contributed by atoms with E-state index in [2.05, 4.69) is 5.32 Å². The first-order chi connectivity index (χ1) is 13.9. The van der Waals surface area contributed by atoms with Crippen molar-refractivity contribution in [3.8, 4) is 5.75 Å². The summed E-state index contributed by atoms with van der Waals surface area (Å²) >= 11 is 0. The lowest BCUT2D eigenvalue weighted by Crippen LogP contribution is -2.47. The Labute approximate surface area is 171 Å². The number of carbonyl (C=O) groups is 2. The van der Waals surface area contributed by atoms with Crippen molar-refractivity contribution in [2.45, 2.75) is 55.9 Å². The molecule has 0 radical (unpaired) electrons. The molecule has 2 heterocycles. The standard InChI is InChI=1S/C20H27N3O5S/c24-19(21-15-6-2-1-3-7-15)13-23-17-9-8-16(12-18(17)28-14-20(23)25)29(26,27)22-10-4-5-11-22/h8-9,12,15H,1-7,10-11,13-14H2,(H,21,24). The molecule has 1 N–H and O–H groups in total. The predicted molar refractivity (Wildman–Crippen MR) is 107 cm³/mol. The smallest absolute Gasteiger partial charge is 0.265 e. The first-order valence-electron chi connectivity index (χ1n) is 10.3. The van der Waals surface area contributed by atoms with Crippen molar-refractivity contribution < 1.29 is 22.7 Å². The molecule has 3 aliphatic rings. The Morgan fingerprint density at radius 1 is 1.10 bits per heavy atom. The van der Waals surface area contributed by atoms with Gasteiger partial charge in [-0.1, -0.05) is 19.3 Å². The Morgan fingerprint density at radius 2 is 1.83 bits per heavy atom. The second kappa shape index (κ2) is 8.31. The van der Waals surface area contributed by atoms with Crippen LogP contribution in [0.3, 0.4) is 0 Å². The van der Waals surface area contributed by atoms with Gasteiger partial charge in [-0.3, -0.25) is 14.5 Å². The fourth-order valence-electron chi connectivity index (χ4n) is 4.26. The summed E-state index contributed by atoms with van der Waals surface area (Å²) in [5.74, 6) is -0.200. The largest absolute Gasteiger partial charge is 0.482 e. The summed E-state index contributed by atoms with van der Waals surface area (Å²) in [5, 5.41) is 3.01. The van der Waals surface area contributed by atoms with Crippen LogP contribution in [0, 0.1) is 0 Å². The molecule has 2 amide bonds. The highest BCUT2D eigenvalue weighted by atomic mass is 32.2. The van der Waals surface area contributed by atoms with Gasteiger partial charge in [0.15, 0.2) is 6.61 Å². The minimum Gasteiger partial charge on any atom is -0.482 e. The van der Waals surface area contributed by atoms with Gasteiger partial charge >= 0.3 is 0 Å². The SMILES string of the molecule is O=C(CN1C(=O)COc2cc(S(=O)(=O)N3CCCC3)ccc21)NC1CCCCC1. The Kier molecular flexibility index (Phi) is 5.78. The number of ether oxygens (including phenoxy) is 1. The van der Waals surface area contributed by atoms with E-state index in [-0.39, 0.29) is 35.9 Å². The average molecular weight is 422 g/mol. The fourth-order valence-corrected chi connectivity index (χ4v) is 5.79. The molecule has 158 valence electrons. The maximum atomic E-state index is 12.8. The third kappa shape index (κ3) is 4.25. The molecule has 1 aromatic carbocycles. The van der Waals surface area contributed by atoms with E-state index in [0.29, 0.717) is 24.5 Å². The summed E-state index contributed by atoms with van der Waals surface area (Å²) in [6.45, 7) is 0.735. The molecule has 1 saturated carbocycles. The lowest BCUT2D eigenvalue weighted by molar-refractivity contribution is -0.125. The topological polar surface area (TPSA) is 96.0 Å². The summed E-state index contributed by atoms with van der Waals surface area (Å²) in [5.41, 5.74) is 0.431. The number of rotatable bonds is 5. The van der Waals surface area contributed by atoms with Crippen molar-refractivity contribution >= 4 is 27.5 Å². The van der Waals surface area contributed by atoms with E-state index < -0.39 is 10.0 Å². The van der Waals surface area contributed by atoms with Crippen LogP contribution in [0.1, 0.15) is 44.9 Å². The van der Waals surface area contributed by atoms with Gasteiger partial charge in [0.25, 0.3) is 5.91 Å². The van der Waals surface area contributed by atoms with E-state index in [4.69, 9.17) is 4.74 Å². The summed E-state index contributed by atoms with van der Waals surface area (Å²) in [7, 11) is -3.57. The number of sulfonamides is 1. The Bertz CT molecular complexity index is 889. The number of hydrogen-bond acceptors (Lipinski definition) is 5. The van der Waals surface area contributed by atoms with Crippen LogP contribution in [0.5, 0.6) is 5.75 Å². The maximum absolute atomic E-state index is 12.8. The molecule has 0 aromatic heterocycles. The molecular weight excluding hydrogens is 394 g/mol. The van der Waals surface area contributed by atoms with Crippen LogP contribution in [-0.4, -0.2) is 56.8 Å². The minimum atomic E-state index is -3.57. The number of anilines is 1. The highest BCUT2D eigenvalue weighted by Gasteiger charge is 2.32. The van der Waals surface area contributed by atoms with Crippen LogP contribution in [-0.2, 0) is 19.6 Å². The van der Waals surface area contributed by atoms with Gasteiger partial charge in [-0.2, -0.15) is 4.31 Å². The quantitative estimate of drug-likeness (QED) is 0.780. The second-order valence-corrected chi connectivity index (χ2v) is 9.85. The zero-order valence-corrected chi connectivity index (χ0v) is 17.2. The summed E-state index contributed by atoms with van der Waals surface area (Å²) in [4.78, 5) is 26.4. The van der Waals surface area contributed by atoms with Crippen LogP contribution in [0.4, 0.5) is 5.69 Å². The van der Waals surface area contributed by atoms with Crippen molar-refractivity contribution in [1.29, 1.82) is 0 Å². The van der Waals surface area contributed by atoms with Crippen molar-refractivity contribution in [2.24, 2.45) is 0 Å². The van der Waals surface area contributed by atoms with Gasteiger partial charge in [0.05, 0.1) is 10.6 Å². The minimum absolute atomic E-state index is 0.0933. The third-order valence-electron chi connectivity index (χ3n) is 5.85. The number of benzene rings is 1. The average Bonchev–Trinajstić information content (AvgIpc) is 3.26. The molecule has 4 rings (SSSR count). The monoisotopic (exact) mass is 421 g/mol. The predicted octanol–water partition coefficient (Wildman–Crippen LogP) is 1.65. The number of amides is 2. The van der Waals surface area contributed by atoms with Crippen molar-refractivity contribution in [1.82, 2.24) is 9.62 Å². The molecule has 8 nitrogen and oxygen atoms in total. The molecule has 1 saturated heterocycles. The zero-order chi connectivity index (χ0) is 20.4. The summed E-state index contributed by atoms with van der Waals surface area (Å²) in [6, 6.07) is 4.67. The normalized spacial score (nSPS) is 21.0. The fraction of sp³-hybridized carbons (Fsp3) is 0.600. The number of nitrogens with zero attached hydrogens (tertiary/aromatic N) is 2. The molecule has 2 fully saturated rings. The lowest BCUT2D eigenvalue weighted by Gasteiger charge is -2.30.